The highest BCUT2D eigenvalue weighted by Gasteiger charge is 2.53. The molecule has 0 saturated heterocycles. The molecule has 0 aliphatic rings. The van der Waals surface area contributed by atoms with Crippen LogP contribution in [0, 0.1) is 0 Å². The molecule has 0 unspecified atom stereocenters. The van der Waals surface area contributed by atoms with E-state index in [1.165, 1.54) is 0 Å². The second kappa shape index (κ2) is 9.55. The summed E-state index contributed by atoms with van der Waals surface area (Å²) in [6.45, 7) is 0. The standard InChI is InChI=1S/C26H26O3Si2/c1-27-31(28-2,26-21-13-6-14-22-26)29-30(23-15-7-3-8-16-23,24-17-9-4-10-18-24)25-19-11-5-12-20-25/h3-22H,1-2H3. The molecule has 156 valence electrons. The van der Waals surface area contributed by atoms with Crippen LogP contribution in [0.2, 0.25) is 0 Å². The third kappa shape index (κ3) is 4.06. The molecular formula is C26H26O3Si2. The average molecular weight is 443 g/mol. The summed E-state index contributed by atoms with van der Waals surface area (Å²) in [5.41, 5.74) is 0. The molecule has 4 aromatic rings. The predicted octanol–water partition coefficient (Wildman–Crippen LogP) is 2.81. The minimum atomic E-state index is -3.24. The van der Waals surface area contributed by atoms with Crippen molar-refractivity contribution in [2.24, 2.45) is 0 Å². The van der Waals surface area contributed by atoms with Gasteiger partial charge in [0.05, 0.1) is 0 Å². The molecule has 4 aromatic carbocycles. The van der Waals surface area contributed by atoms with Crippen molar-refractivity contribution in [3.8, 4) is 0 Å². The smallest absolute Gasteiger partial charge is 0.400 e. The highest BCUT2D eigenvalue weighted by molar-refractivity contribution is 7.10. The van der Waals surface area contributed by atoms with Gasteiger partial charge in [-0.3, -0.25) is 0 Å². The van der Waals surface area contributed by atoms with Crippen LogP contribution in [0.4, 0.5) is 0 Å². The van der Waals surface area contributed by atoms with Crippen LogP contribution in [0.1, 0.15) is 0 Å². The Hall–Kier alpha value is -2.81. The highest BCUT2D eigenvalue weighted by Crippen LogP contribution is 2.18. The Balaban J connectivity index is 2.02. The van der Waals surface area contributed by atoms with Crippen molar-refractivity contribution in [2.45, 2.75) is 0 Å². The van der Waals surface area contributed by atoms with Crippen molar-refractivity contribution < 1.29 is 13.0 Å². The molecule has 0 bridgehead atoms. The van der Waals surface area contributed by atoms with Crippen LogP contribution in [0.3, 0.4) is 0 Å². The maximum atomic E-state index is 7.30. The Labute approximate surface area is 186 Å². The molecule has 5 heteroatoms. The van der Waals surface area contributed by atoms with Crippen molar-refractivity contribution in [1.29, 1.82) is 0 Å². The van der Waals surface area contributed by atoms with Gasteiger partial charge >= 0.3 is 8.80 Å². The molecule has 0 radical (unpaired) electrons. The summed E-state index contributed by atoms with van der Waals surface area (Å²) in [4.78, 5) is 0. The van der Waals surface area contributed by atoms with E-state index in [9.17, 15) is 0 Å². The molecule has 0 atom stereocenters. The molecule has 4 rings (SSSR count). The third-order valence-electron chi connectivity index (χ3n) is 5.49. The Kier molecular flexibility index (Phi) is 6.60. The first-order valence-corrected chi connectivity index (χ1v) is 13.9. The van der Waals surface area contributed by atoms with Gasteiger partial charge in [0.25, 0.3) is 8.32 Å². The maximum Gasteiger partial charge on any atom is 0.526 e. The molecule has 0 amide bonds. The minimum Gasteiger partial charge on any atom is -0.400 e. The topological polar surface area (TPSA) is 27.7 Å². The first-order chi connectivity index (χ1) is 15.2. The number of hydrogen-bond donors (Lipinski definition) is 0. The summed E-state index contributed by atoms with van der Waals surface area (Å²) < 4.78 is 19.5. The van der Waals surface area contributed by atoms with E-state index in [0.717, 1.165) is 20.7 Å². The van der Waals surface area contributed by atoms with Crippen molar-refractivity contribution in [3.63, 3.8) is 0 Å². The van der Waals surface area contributed by atoms with Crippen LogP contribution in [-0.2, 0) is 13.0 Å². The van der Waals surface area contributed by atoms with Crippen LogP contribution >= 0.6 is 0 Å². The van der Waals surface area contributed by atoms with E-state index in [2.05, 4.69) is 72.8 Å². The second-order valence-corrected chi connectivity index (χ2v) is 13.6. The van der Waals surface area contributed by atoms with E-state index in [4.69, 9.17) is 13.0 Å². The van der Waals surface area contributed by atoms with E-state index in [-0.39, 0.29) is 0 Å². The van der Waals surface area contributed by atoms with Gasteiger partial charge in [-0.1, -0.05) is 121 Å². The van der Waals surface area contributed by atoms with Gasteiger partial charge in [-0.05, 0) is 15.6 Å². The monoisotopic (exact) mass is 442 g/mol. The lowest BCUT2D eigenvalue weighted by molar-refractivity contribution is 0.178. The van der Waals surface area contributed by atoms with Gasteiger partial charge in [0.1, 0.15) is 0 Å². The Bertz CT molecular complexity index is 974. The third-order valence-corrected chi connectivity index (χ3v) is 13.3. The van der Waals surface area contributed by atoms with Crippen molar-refractivity contribution in [1.82, 2.24) is 0 Å². The van der Waals surface area contributed by atoms with Crippen molar-refractivity contribution in [3.05, 3.63) is 121 Å². The van der Waals surface area contributed by atoms with E-state index in [1.807, 2.05) is 48.5 Å². The molecule has 0 saturated carbocycles. The summed E-state index contributed by atoms with van der Waals surface area (Å²) >= 11 is 0. The van der Waals surface area contributed by atoms with Gasteiger partial charge in [0.2, 0.25) is 0 Å². The lowest BCUT2D eigenvalue weighted by atomic mass is 10.3. The lowest BCUT2D eigenvalue weighted by Crippen LogP contribution is -2.76. The number of benzene rings is 4. The van der Waals surface area contributed by atoms with Crippen LogP contribution in [0.25, 0.3) is 0 Å². The Morgan fingerprint density at radius 3 is 1.00 bits per heavy atom. The molecule has 0 N–H and O–H groups in total. The van der Waals surface area contributed by atoms with Crippen LogP contribution in [0.15, 0.2) is 121 Å². The number of hydrogen-bond acceptors (Lipinski definition) is 3. The summed E-state index contributed by atoms with van der Waals surface area (Å²) in [5, 5.41) is 4.39. The average Bonchev–Trinajstić information content (AvgIpc) is 2.87. The summed E-state index contributed by atoms with van der Waals surface area (Å²) in [6, 6.07) is 41.5. The van der Waals surface area contributed by atoms with E-state index >= 15 is 0 Å². The fourth-order valence-electron chi connectivity index (χ4n) is 4.00. The molecule has 0 spiro atoms. The Morgan fingerprint density at radius 2 is 0.710 bits per heavy atom. The van der Waals surface area contributed by atoms with Crippen LogP contribution < -0.4 is 20.7 Å². The fraction of sp³-hybridized carbons (Fsp3) is 0.0769. The van der Waals surface area contributed by atoms with Gasteiger partial charge in [0.15, 0.2) is 0 Å². The van der Waals surface area contributed by atoms with Crippen LogP contribution in [-0.4, -0.2) is 31.3 Å². The SMILES string of the molecule is CO[Si](OC)(O[Si](c1ccccc1)(c1ccccc1)c1ccccc1)c1ccccc1. The van der Waals surface area contributed by atoms with Crippen molar-refractivity contribution in [2.75, 3.05) is 14.2 Å². The Morgan fingerprint density at radius 1 is 0.419 bits per heavy atom. The quantitative estimate of drug-likeness (QED) is 0.310. The first-order valence-electron chi connectivity index (χ1n) is 10.3. The molecule has 3 nitrogen and oxygen atoms in total. The summed E-state index contributed by atoms with van der Waals surface area (Å²) in [5.74, 6) is 0. The zero-order chi connectivity index (χ0) is 21.6. The molecule has 0 heterocycles. The zero-order valence-corrected chi connectivity index (χ0v) is 19.8. The largest absolute Gasteiger partial charge is 0.526 e. The molecular weight excluding hydrogens is 416 g/mol. The minimum absolute atomic E-state index is 0.944. The second-order valence-electron chi connectivity index (χ2n) is 7.21. The fourth-order valence-corrected chi connectivity index (χ4v) is 12.4. The predicted molar refractivity (Wildman–Crippen MR) is 131 cm³/mol. The van der Waals surface area contributed by atoms with Crippen LogP contribution in [0.5, 0.6) is 0 Å². The summed E-state index contributed by atoms with van der Waals surface area (Å²) in [6.07, 6.45) is 0. The van der Waals surface area contributed by atoms with E-state index < -0.39 is 17.1 Å². The van der Waals surface area contributed by atoms with Gasteiger partial charge in [0, 0.05) is 19.4 Å². The number of rotatable bonds is 8. The molecule has 0 aliphatic heterocycles. The highest BCUT2D eigenvalue weighted by atomic mass is 28.5. The summed E-state index contributed by atoms with van der Waals surface area (Å²) in [7, 11) is -2.85. The van der Waals surface area contributed by atoms with Gasteiger partial charge in [-0.25, -0.2) is 0 Å². The molecule has 31 heavy (non-hydrogen) atoms. The normalized spacial score (nSPS) is 11.9. The van der Waals surface area contributed by atoms with Crippen molar-refractivity contribution >= 4 is 37.9 Å². The molecule has 0 aromatic heterocycles. The van der Waals surface area contributed by atoms with E-state index in [1.54, 1.807) is 14.2 Å². The van der Waals surface area contributed by atoms with Gasteiger partial charge < -0.3 is 13.0 Å². The zero-order valence-electron chi connectivity index (χ0n) is 17.8. The molecule has 0 fully saturated rings. The lowest BCUT2D eigenvalue weighted by Gasteiger charge is -2.40. The molecule has 0 aliphatic carbocycles. The van der Waals surface area contributed by atoms with Gasteiger partial charge in [-0.15, -0.1) is 0 Å². The van der Waals surface area contributed by atoms with Gasteiger partial charge in [-0.2, -0.15) is 0 Å². The first kappa shape index (κ1) is 21.4. The van der Waals surface area contributed by atoms with E-state index in [0.29, 0.717) is 0 Å². The maximum absolute atomic E-state index is 7.30.